The van der Waals surface area contributed by atoms with Gasteiger partial charge in [0.25, 0.3) is 5.91 Å². The fraction of sp³-hybridized carbons (Fsp3) is 0.480. The minimum absolute atomic E-state index is 0.0733. The van der Waals surface area contributed by atoms with E-state index in [0.29, 0.717) is 31.9 Å². The molecule has 3 heterocycles. The topological polar surface area (TPSA) is 54.0 Å². The Morgan fingerprint density at radius 2 is 1.65 bits per heavy atom. The molecule has 0 saturated carbocycles. The largest absolute Gasteiger partial charge is 0.376 e. The molecule has 0 aromatic heterocycles. The van der Waals surface area contributed by atoms with Gasteiger partial charge >= 0.3 is 0 Å². The van der Waals surface area contributed by atoms with E-state index in [-0.39, 0.29) is 11.8 Å². The van der Waals surface area contributed by atoms with Crippen LogP contribution >= 0.6 is 0 Å². The van der Waals surface area contributed by atoms with Crippen LogP contribution in [0.2, 0.25) is 0 Å². The van der Waals surface area contributed by atoms with E-state index >= 15 is 0 Å². The number of ether oxygens (including phenoxy) is 2. The maximum absolute atomic E-state index is 13.0. The normalized spacial score (nSPS) is 27.1. The van der Waals surface area contributed by atoms with Crippen LogP contribution in [-0.4, -0.2) is 86.4 Å². The van der Waals surface area contributed by atoms with Crippen molar-refractivity contribution in [2.24, 2.45) is 0 Å². The van der Waals surface area contributed by atoms with E-state index < -0.39 is 6.10 Å². The van der Waals surface area contributed by atoms with Crippen LogP contribution in [0.4, 0.5) is 0 Å². The highest BCUT2D eigenvalue weighted by Crippen LogP contribution is 2.34. The summed E-state index contributed by atoms with van der Waals surface area (Å²) in [7, 11) is 0. The third kappa shape index (κ3) is 4.39. The smallest absolute Gasteiger partial charge is 0.254 e. The molecule has 6 nitrogen and oxygen atoms in total. The number of piperazine rings is 2. The summed E-state index contributed by atoms with van der Waals surface area (Å²) in [5, 5.41) is 3.66. The zero-order valence-electron chi connectivity index (χ0n) is 17.9. The van der Waals surface area contributed by atoms with Crippen LogP contribution in [0.5, 0.6) is 0 Å². The van der Waals surface area contributed by atoms with Gasteiger partial charge in [-0.05, 0) is 11.1 Å². The predicted octanol–water partition coefficient (Wildman–Crippen LogP) is 1.72. The summed E-state index contributed by atoms with van der Waals surface area (Å²) in [6.07, 6.45) is -0.450. The molecule has 3 atom stereocenters. The number of carbonyl (C=O) groups excluding carboxylic acids is 1. The van der Waals surface area contributed by atoms with Gasteiger partial charge in [0.05, 0.1) is 19.8 Å². The maximum atomic E-state index is 13.0. The number of amides is 1. The van der Waals surface area contributed by atoms with Gasteiger partial charge in [-0.25, -0.2) is 0 Å². The van der Waals surface area contributed by atoms with Crippen LogP contribution in [0.25, 0.3) is 0 Å². The third-order valence-electron chi connectivity index (χ3n) is 6.79. The molecule has 0 spiro atoms. The number of carbonyl (C=O) groups is 1. The molecule has 6 heteroatoms. The average Bonchev–Trinajstić information content (AvgIpc) is 2.85. The molecule has 2 unspecified atom stereocenters. The molecule has 1 amide bonds. The first-order valence-electron chi connectivity index (χ1n) is 11.4. The number of benzene rings is 2. The summed E-state index contributed by atoms with van der Waals surface area (Å²) in [4.78, 5) is 17.6. The lowest BCUT2D eigenvalue weighted by Gasteiger charge is -2.51. The van der Waals surface area contributed by atoms with Crippen molar-refractivity contribution in [2.45, 2.75) is 24.1 Å². The van der Waals surface area contributed by atoms with Gasteiger partial charge in [-0.3, -0.25) is 9.69 Å². The molecular weight excluding hydrogens is 390 g/mol. The van der Waals surface area contributed by atoms with E-state index in [1.165, 1.54) is 11.1 Å². The molecule has 5 rings (SSSR count). The Balaban J connectivity index is 1.36. The predicted molar refractivity (Wildman–Crippen MR) is 119 cm³/mol. The monoisotopic (exact) mass is 421 g/mol. The lowest BCUT2D eigenvalue weighted by atomic mass is 9.82. The number of fused-ring (bicyclic) bond motifs is 1. The lowest BCUT2D eigenvalue weighted by molar-refractivity contribution is -0.161. The number of rotatable bonds is 4. The SMILES string of the molecule is O=C(C1COCCO1)N1CCN2C(C(c3ccccc3)c3ccccc3)CNC[C@@H]2C1. The molecule has 164 valence electrons. The van der Waals surface area contributed by atoms with E-state index in [0.717, 1.165) is 32.7 Å². The van der Waals surface area contributed by atoms with Crippen molar-refractivity contribution < 1.29 is 14.3 Å². The van der Waals surface area contributed by atoms with Crippen LogP contribution in [0.3, 0.4) is 0 Å². The van der Waals surface area contributed by atoms with Crippen molar-refractivity contribution in [3.63, 3.8) is 0 Å². The summed E-state index contributed by atoms with van der Waals surface area (Å²) in [5.74, 6) is 0.360. The maximum Gasteiger partial charge on any atom is 0.254 e. The molecule has 3 aliphatic heterocycles. The Labute approximate surface area is 184 Å². The second kappa shape index (κ2) is 9.49. The lowest BCUT2D eigenvalue weighted by Crippen LogP contribution is -2.67. The van der Waals surface area contributed by atoms with E-state index in [1.54, 1.807) is 0 Å². The van der Waals surface area contributed by atoms with Gasteiger partial charge in [0.2, 0.25) is 0 Å². The summed E-state index contributed by atoms with van der Waals surface area (Å²) in [5.41, 5.74) is 2.68. The number of nitrogens with zero attached hydrogens (tertiary/aromatic N) is 2. The zero-order chi connectivity index (χ0) is 21.0. The Morgan fingerprint density at radius 3 is 2.29 bits per heavy atom. The number of hydrogen-bond acceptors (Lipinski definition) is 5. The minimum atomic E-state index is -0.450. The zero-order valence-corrected chi connectivity index (χ0v) is 17.9. The van der Waals surface area contributed by atoms with Crippen molar-refractivity contribution >= 4 is 5.91 Å². The molecule has 3 saturated heterocycles. The van der Waals surface area contributed by atoms with Crippen LogP contribution in [-0.2, 0) is 14.3 Å². The van der Waals surface area contributed by atoms with E-state index in [1.807, 2.05) is 4.90 Å². The molecule has 2 aromatic carbocycles. The third-order valence-corrected chi connectivity index (χ3v) is 6.79. The highest BCUT2D eigenvalue weighted by Gasteiger charge is 2.41. The molecule has 0 aliphatic carbocycles. The standard InChI is InChI=1S/C25H31N3O3/c29-25(23-18-30-13-14-31-23)27-11-12-28-21(17-27)15-26-16-22(28)24(19-7-3-1-4-8-19)20-9-5-2-6-10-20/h1-10,21-24,26H,11-18H2/t21-,22?,23?/m1/s1. The van der Waals surface area contributed by atoms with Gasteiger partial charge in [0, 0.05) is 50.7 Å². The summed E-state index contributed by atoms with van der Waals surface area (Å²) >= 11 is 0. The Bertz CT molecular complexity index is 817. The minimum Gasteiger partial charge on any atom is -0.376 e. The van der Waals surface area contributed by atoms with Crippen molar-refractivity contribution in [3.05, 3.63) is 71.8 Å². The van der Waals surface area contributed by atoms with Gasteiger partial charge in [0.15, 0.2) is 6.10 Å². The van der Waals surface area contributed by atoms with Crippen molar-refractivity contribution in [2.75, 3.05) is 52.5 Å². The molecule has 1 N–H and O–H groups in total. The molecular formula is C25H31N3O3. The van der Waals surface area contributed by atoms with Crippen LogP contribution in [0.1, 0.15) is 17.0 Å². The fourth-order valence-electron chi connectivity index (χ4n) is 5.30. The van der Waals surface area contributed by atoms with Crippen LogP contribution in [0.15, 0.2) is 60.7 Å². The first kappa shape index (κ1) is 20.6. The number of hydrogen-bond donors (Lipinski definition) is 1. The van der Waals surface area contributed by atoms with Gasteiger partial charge < -0.3 is 19.7 Å². The molecule has 3 aliphatic rings. The highest BCUT2D eigenvalue weighted by molar-refractivity contribution is 5.81. The summed E-state index contributed by atoms with van der Waals surface area (Å²) < 4.78 is 11.1. The molecule has 31 heavy (non-hydrogen) atoms. The number of nitrogens with one attached hydrogen (secondary N) is 1. The van der Waals surface area contributed by atoms with Gasteiger partial charge in [0.1, 0.15) is 0 Å². The molecule has 2 aromatic rings. The van der Waals surface area contributed by atoms with Crippen molar-refractivity contribution in [3.8, 4) is 0 Å². The second-order valence-electron chi connectivity index (χ2n) is 8.63. The Morgan fingerprint density at radius 1 is 0.935 bits per heavy atom. The first-order chi connectivity index (χ1) is 15.3. The van der Waals surface area contributed by atoms with E-state index in [9.17, 15) is 4.79 Å². The first-order valence-corrected chi connectivity index (χ1v) is 11.4. The summed E-state index contributed by atoms with van der Waals surface area (Å²) in [6.45, 7) is 5.64. The van der Waals surface area contributed by atoms with Gasteiger partial charge in [-0.15, -0.1) is 0 Å². The van der Waals surface area contributed by atoms with Crippen molar-refractivity contribution in [1.29, 1.82) is 0 Å². The molecule has 0 radical (unpaired) electrons. The van der Waals surface area contributed by atoms with Crippen LogP contribution in [0, 0.1) is 0 Å². The van der Waals surface area contributed by atoms with Crippen LogP contribution < -0.4 is 5.32 Å². The van der Waals surface area contributed by atoms with E-state index in [2.05, 4.69) is 70.9 Å². The van der Waals surface area contributed by atoms with Gasteiger partial charge in [-0.1, -0.05) is 60.7 Å². The molecule has 3 fully saturated rings. The molecule has 0 bridgehead atoms. The highest BCUT2D eigenvalue weighted by atomic mass is 16.6. The Hall–Kier alpha value is -2.25. The van der Waals surface area contributed by atoms with E-state index in [4.69, 9.17) is 9.47 Å². The van der Waals surface area contributed by atoms with Gasteiger partial charge in [-0.2, -0.15) is 0 Å². The quantitative estimate of drug-likeness (QED) is 0.815. The Kier molecular flexibility index (Phi) is 6.32. The average molecular weight is 422 g/mol. The fourth-order valence-corrected chi connectivity index (χ4v) is 5.30. The van der Waals surface area contributed by atoms with Crippen molar-refractivity contribution in [1.82, 2.24) is 15.1 Å². The second-order valence-corrected chi connectivity index (χ2v) is 8.63. The summed E-state index contributed by atoms with van der Waals surface area (Å²) in [6, 6.07) is 22.3.